The maximum absolute atomic E-state index is 13.6. The number of para-hydroxylation sites is 2. The fourth-order valence-electron chi connectivity index (χ4n) is 2.79. The van der Waals surface area contributed by atoms with Crippen LogP contribution in [-0.2, 0) is 4.79 Å². The molecule has 1 N–H and O–H groups in total. The predicted octanol–water partition coefficient (Wildman–Crippen LogP) is 5.40. The van der Waals surface area contributed by atoms with Crippen molar-refractivity contribution in [3.05, 3.63) is 94.1 Å². The number of hydrogen-bond acceptors (Lipinski definition) is 5. The Labute approximate surface area is 180 Å². The molecule has 1 heterocycles. The molecule has 0 aliphatic rings. The minimum absolute atomic E-state index is 0.0152. The third-order valence-electron chi connectivity index (χ3n) is 4.29. The number of carbonyl (C=O) groups is 1. The highest BCUT2D eigenvalue weighted by molar-refractivity contribution is 6.32. The first-order valence-electron chi connectivity index (χ1n) is 9.16. The molecule has 1 amide bonds. The average Bonchev–Trinajstić information content (AvgIpc) is 2.77. The number of carbonyl (C=O) groups excluding carboxylic acids is 1. The first-order chi connectivity index (χ1) is 15.0. The van der Waals surface area contributed by atoms with E-state index in [-0.39, 0.29) is 34.4 Å². The minimum Gasteiger partial charge on any atom is -0.484 e. The van der Waals surface area contributed by atoms with Crippen molar-refractivity contribution < 1.29 is 23.1 Å². The predicted molar refractivity (Wildman–Crippen MR) is 115 cm³/mol. The molecule has 0 aliphatic carbocycles. The van der Waals surface area contributed by atoms with Gasteiger partial charge in [-0.15, -0.1) is 0 Å². The van der Waals surface area contributed by atoms with Crippen molar-refractivity contribution in [1.82, 2.24) is 0 Å². The second-order valence-corrected chi connectivity index (χ2v) is 6.84. The number of ether oxygens (including phenoxy) is 2. The second-order valence-electron chi connectivity index (χ2n) is 6.44. The molecule has 0 bridgehead atoms. The van der Waals surface area contributed by atoms with Gasteiger partial charge in [0.15, 0.2) is 6.61 Å². The van der Waals surface area contributed by atoms with Crippen LogP contribution in [0.3, 0.4) is 0 Å². The van der Waals surface area contributed by atoms with E-state index in [1.807, 2.05) is 0 Å². The van der Waals surface area contributed by atoms with Crippen molar-refractivity contribution in [2.75, 3.05) is 11.9 Å². The zero-order valence-corrected chi connectivity index (χ0v) is 16.7. The number of rotatable bonds is 6. The molecule has 1 aromatic heterocycles. The van der Waals surface area contributed by atoms with Crippen LogP contribution in [0.5, 0.6) is 17.2 Å². The third-order valence-corrected chi connectivity index (χ3v) is 4.60. The molecule has 0 fully saturated rings. The summed E-state index contributed by atoms with van der Waals surface area (Å²) in [5.74, 6) is -0.456. The summed E-state index contributed by atoms with van der Waals surface area (Å²) in [6, 6.07) is 17.1. The summed E-state index contributed by atoms with van der Waals surface area (Å²) in [5, 5.41) is 3.05. The largest absolute Gasteiger partial charge is 0.484 e. The summed E-state index contributed by atoms with van der Waals surface area (Å²) in [5.41, 5.74) is -0.0693. The van der Waals surface area contributed by atoms with Gasteiger partial charge < -0.3 is 19.2 Å². The summed E-state index contributed by atoms with van der Waals surface area (Å²) in [6.45, 7) is -0.349. The van der Waals surface area contributed by atoms with Crippen LogP contribution in [0, 0.1) is 5.82 Å². The normalized spacial score (nSPS) is 10.6. The molecule has 0 radical (unpaired) electrons. The molecule has 31 heavy (non-hydrogen) atoms. The van der Waals surface area contributed by atoms with Crippen molar-refractivity contribution in [1.29, 1.82) is 0 Å². The number of benzene rings is 3. The van der Waals surface area contributed by atoms with Gasteiger partial charge in [0.25, 0.3) is 5.91 Å². The number of amides is 1. The van der Waals surface area contributed by atoms with Gasteiger partial charge in [0, 0.05) is 6.07 Å². The number of hydrogen-bond donors (Lipinski definition) is 1. The molecule has 0 aliphatic heterocycles. The van der Waals surface area contributed by atoms with Crippen LogP contribution >= 0.6 is 11.6 Å². The SMILES string of the molecule is O=C(COc1ccc2c(=O)c(Oc3ccccc3Cl)coc2c1)Nc1ccccc1F. The zero-order chi connectivity index (χ0) is 21.8. The molecule has 6 nitrogen and oxygen atoms in total. The average molecular weight is 440 g/mol. The fourth-order valence-corrected chi connectivity index (χ4v) is 2.97. The molecule has 0 saturated heterocycles. The molecular weight excluding hydrogens is 425 g/mol. The molecule has 3 aromatic carbocycles. The van der Waals surface area contributed by atoms with E-state index in [9.17, 15) is 14.0 Å². The molecule has 0 saturated carbocycles. The lowest BCUT2D eigenvalue weighted by molar-refractivity contribution is -0.118. The summed E-state index contributed by atoms with van der Waals surface area (Å²) < 4.78 is 30.1. The van der Waals surface area contributed by atoms with Gasteiger partial charge in [-0.05, 0) is 36.4 Å². The van der Waals surface area contributed by atoms with Gasteiger partial charge in [0.05, 0.1) is 16.1 Å². The maximum Gasteiger partial charge on any atom is 0.262 e. The second kappa shape index (κ2) is 8.89. The van der Waals surface area contributed by atoms with Crippen LogP contribution < -0.4 is 20.2 Å². The fraction of sp³-hybridized carbons (Fsp3) is 0.0435. The summed E-state index contributed by atoms with van der Waals surface area (Å²) in [7, 11) is 0. The van der Waals surface area contributed by atoms with Crippen molar-refractivity contribution in [3.8, 4) is 17.2 Å². The Balaban J connectivity index is 1.47. The highest BCUT2D eigenvalue weighted by Crippen LogP contribution is 2.29. The summed E-state index contributed by atoms with van der Waals surface area (Å²) in [4.78, 5) is 24.7. The van der Waals surface area contributed by atoms with Crippen molar-refractivity contribution in [3.63, 3.8) is 0 Å². The van der Waals surface area contributed by atoms with Crippen LogP contribution in [0.15, 0.2) is 82.2 Å². The number of nitrogens with one attached hydrogen (secondary N) is 1. The lowest BCUT2D eigenvalue weighted by Crippen LogP contribution is -2.20. The van der Waals surface area contributed by atoms with E-state index in [4.69, 9.17) is 25.5 Å². The van der Waals surface area contributed by atoms with Gasteiger partial charge in [-0.1, -0.05) is 35.9 Å². The molecule has 4 aromatic rings. The van der Waals surface area contributed by atoms with E-state index >= 15 is 0 Å². The Kier molecular flexibility index (Phi) is 5.86. The quantitative estimate of drug-likeness (QED) is 0.435. The molecule has 4 rings (SSSR count). The maximum atomic E-state index is 13.6. The van der Waals surface area contributed by atoms with Crippen LogP contribution in [-0.4, -0.2) is 12.5 Å². The first-order valence-corrected chi connectivity index (χ1v) is 9.54. The topological polar surface area (TPSA) is 77.8 Å². The molecular formula is C23H15ClFNO5. The molecule has 8 heteroatoms. The summed E-state index contributed by atoms with van der Waals surface area (Å²) >= 11 is 6.06. The van der Waals surface area contributed by atoms with Gasteiger partial charge in [0.2, 0.25) is 11.2 Å². The molecule has 156 valence electrons. The Morgan fingerprint density at radius 3 is 2.61 bits per heavy atom. The Bertz CT molecular complexity index is 1320. The Morgan fingerprint density at radius 1 is 1.03 bits per heavy atom. The first kappa shape index (κ1) is 20.4. The van der Waals surface area contributed by atoms with E-state index in [2.05, 4.69) is 5.32 Å². The van der Waals surface area contributed by atoms with Gasteiger partial charge in [-0.25, -0.2) is 4.39 Å². The van der Waals surface area contributed by atoms with E-state index < -0.39 is 11.7 Å². The molecule has 0 atom stereocenters. The van der Waals surface area contributed by atoms with Gasteiger partial charge >= 0.3 is 0 Å². The van der Waals surface area contributed by atoms with Crippen LogP contribution in [0.4, 0.5) is 10.1 Å². The van der Waals surface area contributed by atoms with E-state index in [0.29, 0.717) is 16.5 Å². The van der Waals surface area contributed by atoms with Crippen molar-refractivity contribution >= 4 is 34.2 Å². The van der Waals surface area contributed by atoms with E-state index in [1.54, 1.807) is 30.3 Å². The van der Waals surface area contributed by atoms with E-state index in [0.717, 1.165) is 0 Å². The number of halogens is 2. The zero-order valence-electron chi connectivity index (χ0n) is 15.9. The van der Waals surface area contributed by atoms with Gasteiger partial charge in [-0.2, -0.15) is 0 Å². The highest BCUT2D eigenvalue weighted by atomic mass is 35.5. The number of fused-ring (bicyclic) bond motifs is 1. The van der Waals surface area contributed by atoms with Crippen molar-refractivity contribution in [2.45, 2.75) is 0 Å². The van der Waals surface area contributed by atoms with Crippen molar-refractivity contribution in [2.24, 2.45) is 0 Å². The van der Waals surface area contributed by atoms with Crippen LogP contribution in [0.1, 0.15) is 0 Å². The van der Waals surface area contributed by atoms with Crippen LogP contribution in [0.25, 0.3) is 11.0 Å². The number of anilines is 1. The monoisotopic (exact) mass is 439 g/mol. The molecule has 0 unspecified atom stereocenters. The third kappa shape index (κ3) is 4.67. The highest BCUT2D eigenvalue weighted by Gasteiger charge is 2.13. The molecule has 0 spiro atoms. The van der Waals surface area contributed by atoms with Gasteiger partial charge in [-0.3, -0.25) is 9.59 Å². The Morgan fingerprint density at radius 2 is 1.81 bits per heavy atom. The standard InChI is InChI=1S/C23H15ClFNO5/c24-16-5-1-4-8-19(16)31-21-12-30-20-11-14(9-10-15(20)23(21)28)29-13-22(27)26-18-7-3-2-6-17(18)25/h1-12H,13H2,(H,26,27). The lowest BCUT2D eigenvalue weighted by atomic mass is 10.2. The minimum atomic E-state index is -0.543. The summed E-state index contributed by atoms with van der Waals surface area (Å²) in [6.07, 6.45) is 1.18. The van der Waals surface area contributed by atoms with Gasteiger partial charge in [0.1, 0.15) is 29.2 Å². The van der Waals surface area contributed by atoms with E-state index in [1.165, 1.54) is 42.7 Å². The van der Waals surface area contributed by atoms with Crippen LogP contribution in [0.2, 0.25) is 5.02 Å². The lowest BCUT2D eigenvalue weighted by Gasteiger charge is -2.09. The Hall–Kier alpha value is -3.84. The smallest absolute Gasteiger partial charge is 0.262 e.